The van der Waals surface area contributed by atoms with Crippen LogP contribution in [-0.2, 0) is 6.18 Å². The van der Waals surface area contributed by atoms with Gasteiger partial charge in [0.15, 0.2) is 0 Å². The summed E-state index contributed by atoms with van der Waals surface area (Å²) in [5.41, 5.74) is 11.9. The van der Waals surface area contributed by atoms with Crippen LogP contribution < -0.4 is 0 Å². The summed E-state index contributed by atoms with van der Waals surface area (Å²) in [6.45, 7) is 0. The van der Waals surface area contributed by atoms with Gasteiger partial charge in [-0.2, -0.15) is 34.2 Å². The van der Waals surface area contributed by atoms with Crippen LogP contribution in [0.25, 0.3) is 111 Å². The number of fused-ring (bicyclic) bond motifs is 6. The average molecular weight is 958 g/mol. The van der Waals surface area contributed by atoms with Gasteiger partial charge in [-0.25, -0.2) is 0 Å². The minimum Gasteiger partial charge on any atom is -0.309 e. The SMILES string of the molecule is N#Cc1ccccc1-c1ccc2c(c1)c1cc(-c3ccccc3C#N)ccc1n2-c1cnccc1-c1ccc(C(F)(F)F)cc1-n1c2ccc(-c3ccccc3C#N)cc2c2cc(-c3ccccc3C#N)ccc21. The maximum atomic E-state index is 15.1. The monoisotopic (exact) mass is 957 g/mol. The van der Waals surface area contributed by atoms with E-state index in [9.17, 15) is 21.0 Å². The molecule has 0 N–H and O–H groups in total. The maximum Gasteiger partial charge on any atom is 0.416 e. The Bertz CT molecular complexity index is 4260. The lowest BCUT2D eigenvalue weighted by molar-refractivity contribution is -0.137. The Morgan fingerprint density at radius 1 is 0.351 bits per heavy atom. The second-order valence-corrected chi connectivity index (χ2v) is 17.9. The maximum absolute atomic E-state index is 15.1. The van der Waals surface area contributed by atoms with Gasteiger partial charge in [-0.3, -0.25) is 4.98 Å². The number of rotatable bonds is 7. The van der Waals surface area contributed by atoms with Gasteiger partial charge in [0.25, 0.3) is 0 Å². The van der Waals surface area contributed by atoms with Gasteiger partial charge < -0.3 is 9.13 Å². The Labute approximate surface area is 422 Å². The predicted octanol–water partition coefficient (Wildman–Crippen LogP) is 16.1. The fourth-order valence-electron chi connectivity index (χ4n) is 10.5. The van der Waals surface area contributed by atoms with Crippen molar-refractivity contribution in [3.05, 3.63) is 234 Å². The van der Waals surface area contributed by atoms with E-state index in [1.165, 1.54) is 12.1 Å². The van der Waals surface area contributed by atoms with Crippen molar-refractivity contribution in [1.29, 1.82) is 21.0 Å². The molecule has 0 saturated heterocycles. The molecule has 0 unspecified atom stereocenters. The number of hydrogen-bond acceptors (Lipinski definition) is 5. The Balaban J connectivity index is 1.14. The van der Waals surface area contributed by atoms with E-state index >= 15 is 13.2 Å². The van der Waals surface area contributed by atoms with E-state index in [4.69, 9.17) is 0 Å². The van der Waals surface area contributed by atoms with Gasteiger partial charge in [0.1, 0.15) is 0 Å². The summed E-state index contributed by atoms with van der Waals surface area (Å²) in [5.74, 6) is 0. The molecule has 0 saturated carbocycles. The molecule has 3 heterocycles. The summed E-state index contributed by atoms with van der Waals surface area (Å²) in [6.07, 6.45) is -1.35. The first-order valence-electron chi connectivity index (χ1n) is 23.5. The van der Waals surface area contributed by atoms with Crippen molar-refractivity contribution >= 4 is 43.6 Å². The largest absolute Gasteiger partial charge is 0.416 e. The molecule has 0 aliphatic rings. The number of hydrogen-bond donors (Lipinski definition) is 0. The predicted molar refractivity (Wildman–Crippen MR) is 284 cm³/mol. The lowest BCUT2D eigenvalue weighted by Crippen LogP contribution is -2.08. The van der Waals surface area contributed by atoms with Crippen LogP contribution >= 0.6 is 0 Å². The van der Waals surface area contributed by atoms with E-state index in [-0.39, 0.29) is 5.69 Å². The minimum absolute atomic E-state index is 0.259. The van der Waals surface area contributed by atoms with Gasteiger partial charge in [0.05, 0.1) is 91.7 Å². The molecule has 0 spiro atoms. The Kier molecular flexibility index (Phi) is 10.7. The van der Waals surface area contributed by atoms with Gasteiger partial charge in [-0.05, 0) is 136 Å². The lowest BCUT2D eigenvalue weighted by atomic mass is 9.96. The molecule has 10 heteroatoms. The molecule has 74 heavy (non-hydrogen) atoms. The zero-order valence-corrected chi connectivity index (χ0v) is 38.9. The van der Waals surface area contributed by atoms with Crippen LogP contribution in [0.3, 0.4) is 0 Å². The van der Waals surface area contributed by atoms with E-state index < -0.39 is 11.7 Å². The molecule has 12 aromatic rings. The molecule has 0 radical (unpaired) electrons. The number of nitrogens with zero attached hydrogens (tertiary/aromatic N) is 7. The molecular weight excluding hydrogens is 924 g/mol. The molecule has 3 aromatic heterocycles. The van der Waals surface area contributed by atoms with Crippen molar-refractivity contribution in [3.63, 3.8) is 0 Å². The standard InChI is InChI=1S/C64H34F3N7/c65-64(66,67)47-21-22-52(62(33-47)73-58-23-17-39(48-13-5-1-9-43(48)34-68)29-54(58)55-30-40(18-24-59(55)73)49-14-6-2-10-44(49)35-69)53-27-28-72-38-63(53)74-60-25-19-41(50-15-7-3-11-45(50)36-70)31-56(60)57-32-42(20-26-61(57)74)51-16-8-4-12-46(51)37-71/h1-33,38H. The smallest absolute Gasteiger partial charge is 0.309 e. The first-order chi connectivity index (χ1) is 36.2. The van der Waals surface area contributed by atoms with Gasteiger partial charge in [-0.15, -0.1) is 0 Å². The minimum atomic E-state index is -4.70. The molecule has 0 aliphatic carbocycles. The average Bonchev–Trinajstić information content (AvgIpc) is 3.96. The summed E-state index contributed by atoms with van der Waals surface area (Å²) in [5, 5.41) is 43.6. The Morgan fingerprint density at radius 2 is 0.689 bits per heavy atom. The number of alkyl halides is 3. The van der Waals surface area contributed by atoms with E-state index in [0.29, 0.717) is 61.2 Å². The van der Waals surface area contributed by atoms with Crippen molar-refractivity contribution in [2.75, 3.05) is 0 Å². The highest BCUT2D eigenvalue weighted by atomic mass is 19.4. The van der Waals surface area contributed by atoms with Gasteiger partial charge in [-0.1, -0.05) is 103 Å². The fourth-order valence-corrected chi connectivity index (χ4v) is 10.5. The van der Waals surface area contributed by atoms with Crippen LogP contribution in [0.15, 0.2) is 207 Å². The summed E-state index contributed by atoms with van der Waals surface area (Å²) in [7, 11) is 0. The third kappa shape index (κ3) is 7.30. The molecule has 0 bridgehead atoms. The number of halogens is 3. The van der Waals surface area contributed by atoms with Crippen LogP contribution in [0.2, 0.25) is 0 Å². The summed E-state index contributed by atoms with van der Waals surface area (Å²) >= 11 is 0. The lowest BCUT2D eigenvalue weighted by Gasteiger charge is -2.20. The third-order valence-corrected chi connectivity index (χ3v) is 13.9. The Morgan fingerprint density at radius 3 is 1.04 bits per heavy atom. The fraction of sp³-hybridized carbons (Fsp3) is 0.0156. The van der Waals surface area contributed by atoms with Gasteiger partial charge in [0.2, 0.25) is 0 Å². The van der Waals surface area contributed by atoms with E-state index in [1.807, 2.05) is 132 Å². The van der Waals surface area contributed by atoms with Crippen LogP contribution in [0.1, 0.15) is 27.8 Å². The van der Waals surface area contributed by atoms with Crippen molar-refractivity contribution in [2.45, 2.75) is 6.18 Å². The highest BCUT2D eigenvalue weighted by molar-refractivity contribution is 6.14. The van der Waals surface area contributed by atoms with Gasteiger partial charge in [0, 0.05) is 38.9 Å². The number of pyridine rings is 1. The summed E-state index contributed by atoms with van der Waals surface area (Å²) in [6, 6.07) is 67.7. The number of aromatic nitrogens is 3. The molecular formula is C64H34F3N7. The van der Waals surface area contributed by atoms with Crippen LogP contribution in [0.4, 0.5) is 13.2 Å². The zero-order valence-electron chi connectivity index (χ0n) is 38.9. The highest BCUT2D eigenvalue weighted by Gasteiger charge is 2.32. The second kappa shape index (κ2) is 17.7. The molecule has 9 aromatic carbocycles. The molecule has 0 atom stereocenters. The highest BCUT2D eigenvalue weighted by Crippen LogP contribution is 2.45. The molecule has 7 nitrogen and oxygen atoms in total. The normalized spacial score (nSPS) is 11.4. The molecule has 12 rings (SSSR count). The zero-order chi connectivity index (χ0) is 50.7. The summed E-state index contributed by atoms with van der Waals surface area (Å²) in [4.78, 5) is 4.64. The van der Waals surface area contributed by atoms with Crippen molar-refractivity contribution in [3.8, 4) is 91.3 Å². The van der Waals surface area contributed by atoms with Crippen LogP contribution in [-0.4, -0.2) is 14.1 Å². The topological polar surface area (TPSA) is 118 Å². The van der Waals surface area contributed by atoms with Crippen molar-refractivity contribution in [1.82, 2.24) is 14.1 Å². The molecule has 346 valence electrons. The van der Waals surface area contributed by atoms with Crippen LogP contribution in [0.5, 0.6) is 0 Å². The third-order valence-electron chi connectivity index (χ3n) is 13.9. The number of benzene rings is 9. The van der Waals surface area contributed by atoms with E-state index in [0.717, 1.165) is 72.0 Å². The first kappa shape index (κ1) is 44.7. The molecule has 0 aliphatic heterocycles. The van der Waals surface area contributed by atoms with Gasteiger partial charge >= 0.3 is 6.18 Å². The number of nitriles is 4. The second-order valence-electron chi connectivity index (χ2n) is 17.9. The molecule has 0 fully saturated rings. The van der Waals surface area contributed by atoms with E-state index in [2.05, 4.69) is 46.0 Å². The summed E-state index contributed by atoms with van der Waals surface area (Å²) < 4.78 is 49.4. The first-order valence-corrected chi connectivity index (χ1v) is 23.5. The van der Waals surface area contributed by atoms with Crippen molar-refractivity contribution in [2.24, 2.45) is 0 Å². The van der Waals surface area contributed by atoms with E-state index in [1.54, 1.807) is 48.8 Å². The quantitative estimate of drug-likeness (QED) is 0.158. The van der Waals surface area contributed by atoms with Crippen molar-refractivity contribution < 1.29 is 13.2 Å². The van der Waals surface area contributed by atoms with Crippen LogP contribution in [0, 0.1) is 45.3 Å². The Hall–Kier alpha value is -10.5. The molecule has 0 amide bonds.